The molecule has 4 atom stereocenters. The zero-order chi connectivity index (χ0) is 33.2. The molecule has 0 aliphatic heterocycles. The third-order valence-electron chi connectivity index (χ3n) is 6.33. The van der Waals surface area contributed by atoms with Gasteiger partial charge >= 0.3 is 12.1 Å². The first-order chi connectivity index (χ1) is 20.5. The molecule has 0 aromatic heterocycles. The van der Waals surface area contributed by atoms with Crippen molar-refractivity contribution in [2.75, 3.05) is 20.3 Å². The highest BCUT2D eigenvalue weighted by Crippen LogP contribution is 2.27. The summed E-state index contributed by atoms with van der Waals surface area (Å²) in [5.41, 5.74) is 0.242. The lowest BCUT2D eigenvalue weighted by Crippen LogP contribution is -2.61. The molecule has 0 heterocycles. The van der Waals surface area contributed by atoms with Gasteiger partial charge in [0.25, 0.3) is 11.8 Å². The van der Waals surface area contributed by atoms with Gasteiger partial charge in [-0.3, -0.25) is 19.2 Å². The van der Waals surface area contributed by atoms with Gasteiger partial charge in [0.15, 0.2) is 0 Å². The van der Waals surface area contributed by atoms with Crippen molar-refractivity contribution in [2.45, 2.75) is 50.2 Å². The minimum atomic E-state index is -5.00. The molecule has 0 radical (unpaired) electrons. The zero-order valence-corrected chi connectivity index (χ0v) is 23.8. The fourth-order valence-corrected chi connectivity index (χ4v) is 3.88. The summed E-state index contributed by atoms with van der Waals surface area (Å²) in [7, 11) is 1.36. The molecule has 6 N–H and O–H groups in total. The summed E-state index contributed by atoms with van der Waals surface area (Å²) in [5, 5.41) is 28.0. The van der Waals surface area contributed by atoms with Gasteiger partial charge < -0.3 is 36.2 Å². The second-order valence-corrected chi connectivity index (χ2v) is 9.93. The topological polar surface area (TPSA) is 166 Å². The molecule has 242 valence electrons. The van der Waals surface area contributed by atoms with E-state index in [0.29, 0.717) is 5.75 Å². The number of nitrogens with one attached hydrogen (secondary N) is 4. The zero-order valence-electron chi connectivity index (χ0n) is 23.8. The smallest absolute Gasteiger partial charge is 0.405 e. The SMILES string of the molecule is COc1ccc(C(NC(=O)C(CO)NC(=O)c2ccccc2)C(=O)N[C@@H](C(C)C)C(O)C(F)(F)C(=O)NCC(F)(F)F)cc1. The minimum Gasteiger partial charge on any atom is -0.497 e. The van der Waals surface area contributed by atoms with Crippen LogP contribution in [-0.2, 0) is 14.4 Å². The van der Waals surface area contributed by atoms with Crippen molar-refractivity contribution in [3.63, 3.8) is 0 Å². The molecule has 2 aromatic rings. The van der Waals surface area contributed by atoms with Crippen molar-refractivity contribution < 1.29 is 56.1 Å². The van der Waals surface area contributed by atoms with E-state index in [1.54, 1.807) is 18.2 Å². The monoisotopic (exact) mass is 632 g/mol. The van der Waals surface area contributed by atoms with Crippen LogP contribution < -0.4 is 26.0 Å². The lowest BCUT2D eigenvalue weighted by atomic mass is 9.93. The Kier molecular flexibility index (Phi) is 12.6. The summed E-state index contributed by atoms with van der Waals surface area (Å²) >= 11 is 0. The van der Waals surface area contributed by atoms with Crippen molar-refractivity contribution >= 4 is 23.6 Å². The average Bonchev–Trinajstić information content (AvgIpc) is 2.99. The van der Waals surface area contributed by atoms with Crippen LogP contribution in [0.25, 0.3) is 0 Å². The molecule has 0 saturated heterocycles. The van der Waals surface area contributed by atoms with E-state index in [0.717, 1.165) is 5.32 Å². The van der Waals surface area contributed by atoms with E-state index in [2.05, 4.69) is 16.0 Å². The van der Waals surface area contributed by atoms with Crippen LogP contribution in [-0.4, -0.2) is 84.4 Å². The van der Waals surface area contributed by atoms with E-state index in [1.807, 2.05) is 0 Å². The predicted octanol–water partition coefficient (Wildman–Crippen LogP) is 1.46. The molecular weight excluding hydrogens is 599 g/mol. The first-order valence-corrected chi connectivity index (χ1v) is 13.1. The summed E-state index contributed by atoms with van der Waals surface area (Å²) in [4.78, 5) is 51.0. The van der Waals surface area contributed by atoms with Crippen molar-refractivity contribution in [3.05, 3.63) is 65.7 Å². The van der Waals surface area contributed by atoms with Gasteiger partial charge in [-0.1, -0.05) is 44.2 Å². The molecule has 0 aliphatic carbocycles. The number of ether oxygens (including phenoxy) is 1. The third kappa shape index (κ3) is 9.87. The molecule has 0 spiro atoms. The van der Waals surface area contributed by atoms with Gasteiger partial charge in [-0.15, -0.1) is 0 Å². The van der Waals surface area contributed by atoms with Crippen LogP contribution in [0, 0.1) is 5.92 Å². The fourth-order valence-electron chi connectivity index (χ4n) is 3.88. The molecule has 0 fully saturated rings. The van der Waals surface area contributed by atoms with E-state index < -0.39 is 79.0 Å². The van der Waals surface area contributed by atoms with Crippen LogP contribution in [0.4, 0.5) is 22.0 Å². The molecule has 2 rings (SSSR count). The van der Waals surface area contributed by atoms with Crippen LogP contribution in [0.1, 0.15) is 35.8 Å². The van der Waals surface area contributed by atoms with Gasteiger partial charge in [-0.2, -0.15) is 22.0 Å². The number of methoxy groups -OCH3 is 1. The number of aliphatic hydroxyl groups is 2. The molecule has 0 saturated carbocycles. The van der Waals surface area contributed by atoms with Gasteiger partial charge in [-0.05, 0) is 35.7 Å². The van der Waals surface area contributed by atoms with Crippen LogP contribution >= 0.6 is 0 Å². The number of alkyl halides is 5. The van der Waals surface area contributed by atoms with Gasteiger partial charge in [-0.25, -0.2) is 0 Å². The average molecular weight is 633 g/mol. The Hall–Kier alpha value is -4.31. The summed E-state index contributed by atoms with van der Waals surface area (Å²) in [6.45, 7) is -0.390. The maximum atomic E-state index is 14.7. The second kappa shape index (κ2) is 15.4. The number of benzene rings is 2. The lowest BCUT2D eigenvalue weighted by Gasteiger charge is -2.33. The van der Waals surface area contributed by atoms with Crippen LogP contribution in [0.5, 0.6) is 5.75 Å². The van der Waals surface area contributed by atoms with E-state index in [9.17, 15) is 51.3 Å². The molecule has 0 bridgehead atoms. The highest BCUT2D eigenvalue weighted by Gasteiger charge is 2.52. The molecular formula is C28H33F5N4O7. The molecule has 11 nitrogen and oxygen atoms in total. The highest BCUT2D eigenvalue weighted by molar-refractivity contribution is 5.98. The Labute approximate surface area is 249 Å². The standard InChI is InChI=1S/C28H33F5N4O7/c1-15(2)20(22(39)28(32,33)26(43)34-14-27(29,30)31)36-25(42)21(16-9-11-18(44-3)12-10-16)37-24(41)19(13-38)35-23(40)17-7-5-4-6-8-17/h4-12,15,19-22,38-39H,13-14H2,1-3H3,(H,34,43)(H,35,40)(H,36,42)(H,37,41)/t19?,20-,21?,22?/m0/s1. The number of halogens is 5. The summed E-state index contributed by atoms with van der Waals surface area (Å²) in [6, 6.07) is 8.06. The van der Waals surface area contributed by atoms with Crippen LogP contribution in [0.3, 0.4) is 0 Å². The summed E-state index contributed by atoms with van der Waals surface area (Å²) in [5.74, 6) is -10.8. The van der Waals surface area contributed by atoms with E-state index in [1.165, 1.54) is 57.4 Å². The first-order valence-electron chi connectivity index (χ1n) is 13.1. The molecule has 3 unspecified atom stereocenters. The Morgan fingerprint density at radius 3 is 1.95 bits per heavy atom. The van der Waals surface area contributed by atoms with Gasteiger partial charge in [0, 0.05) is 5.56 Å². The van der Waals surface area contributed by atoms with Crippen molar-refractivity contribution in [2.24, 2.45) is 5.92 Å². The van der Waals surface area contributed by atoms with E-state index in [4.69, 9.17) is 4.74 Å². The number of rotatable bonds is 14. The Balaban J connectivity index is 2.33. The quantitative estimate of drug-likeness (QED) is 0.172. The van der Waals surface area contributed by atoms with Crippen molar-refractivity contribution in [1.29, 1.82) is 0 Å². The van der Waals surface area contributed by atoms with Crippen molar-refractivity contribution in [3.8, 4) is 5.75 Å². The van der Waals surface area contributed by atoms with Crippen LogP contribution in [0.15, 0.2) is 54.6 Å². The molecule has 16 heteroatoms. The Morgan fingerprint density at radius 1 is 0.864 bits per heavy atom. The third-order valence-corrected chi connectivity index (χ3v) is 6.33. The van der Waals surface area contributed by atoms with E-state index in [-0.39, 0.29) is 11.1 Å². The number of carbonyl (C=O) groups is 4. The normalized spacial score (nSPS) is 14.5. The predicted molar refractivity (Wildman–Crippen MR) is 145 cm³/mol. The Bertz CT molecular complexity index is 1280. The molecule has 0 aliphatic rings. The number of carbonyl (C=O) groups excluding carboxylic acids is 4. The summed E-state index contributed by atoms with van der Waals surface area (Å²) in [6.07, 6.45) is -7.98. The molecule has 4 amide bonds. The maximum absolute atomic E-state index is 14.7. The van der Waals surface area contributed by atoms with Gasteiger partial charge in [0.1, 0.15) is 30.5 Å². The summed E-state index contributed by atoms with van der Waals surface area (Å²) < 4.78 is 71.9. The maximum Gasteiger partial charge on any atom is 0.405 e. The largest absolute Gasteiger partial charge is 0.497 e. The number of amides is 4. The first kappa shape index (κ1) is 35.9. The minimum absolute atomic E-state index is 0.0782. The van der Waals surface area contributed by atoms with Gasteiger partial charge in [0.05, 0.1) is 19.8 Å². The number of hydrogen-bond acceptors (Lipinski definition) is 7. The fraction of sp³-hybridized carbons (Fsp3) is 0.429. The number of hydrogen-bond donors (Lipinski definition) is 6. The lowest BCUT2D eigenvalue weighted by molar-refractivity contribution is -0.175. The van der Waals surface area contributed by atoms with Crippen molar-refractivity contribution in [1.82, 2.24) is 21.3 Å². The highest BCUT2D eigenvalue weighted by atomic mass is 19.4. The van der Waals surface area contributed by atoms with Gasteiger partial charge in [0.2, 0.25) is 11.8 Å². The second-order valence-electron chi connectivity index (χ2n) is 9.93. The van der Waals surface area contributed by atoms with Crippen LogP contribution in [0.2, 0.25) is 0 Å². The number of aliphatic hydroxyl groups excluding tert-OH is 2. The molecule has 44 heavy (non-hydrogen) atoms. The Morgan fingerprint density at radius 2 is 1.45 bits per heavy atom. The van der Waals surface area contributed by atoms with E-state index >= 15 is 0 Å². The molecule has 2 aromatic carbocycles.